The molecule has 0 aliphatic carbocycles. The molecular weight excluding hydrogens is 330 g/mol. The molecule has 2 rings (SSSR count). The lowest BCUT2D eigenvalue weighted by molar-refractivity contribution is -0.112. The third-order valence-corrected chi connectivity index (χ3v) is 3.83. The van der Waals surface area contributed by atoms with Crippen LogP contribution in [0.2, 0.25) is 5.02 Å². The average molecular weight is 350 g/mol. The zero-order chi connectivity index (χ0) is 17.7. The minimum absolute atomic E-state index is 0.0308. The standard InChI is InChI=1S/C17H20ClN3O3/c1-11-8-21(9-12(2)24-11)10-13(7-19)17(22)20-14-4-5-16(23-3)15(18)6-14/h4-6,10-12H,8-9H2,1-3H3,(H,20,22)/b13-10-. The van der Waals surface area contributed by atoms with Crippen molar-refractivity contribution in [3.05, 3.63) is 35.0 Å². The molecule has 128 valence electrons. The van der Waals surface area contributed by atoms with Gasteiger partial charge in [-0.2, -0.15) is 5.26 Å². The van der Waals surface area contributed by atoms with E-state index in [4.69, 9.17) is 21.1 Å². The van der Waals surface area contributed by atoms with Gasteiger partial charge in [-0.3, -0.25) is 4.79 Å². The molecule has 7 heteroatoms. The van der Waals surface area contributed by atoms with Gasteiger partial charge in [0.1, 0.15) is 17.4 Å². The second-order valence-corrected chi connectivity index (χ2v) is 6.08. The molecule has 1 N–H and O–H groups in total. The number of benzene rings is 1. The Morgan fingerprint density at radius 1 is 1.46 bits per heavy atom. The van der Waals surface area contributed by atoms with Gasteiger partial charge >= 0.3 is 0 Å². The Morgan fingerprint density at radius 3 is 2.67 bits per heavy atom. The molecule has 1 aromatic carbocycles. The highest BCUT2D eigenvalue weighted by Crippen LogP contribution is 2.27. The van der Waals surface area contributed by atoms with E-state index in [2.05, 4.69) is 5.32 Å². The van der Waals surface area contributed by atoms with E-state index in [1.165, 1.54) is 7.11 Å². The number of anilines is 1. The largest absolute Gasteiger partial charge is 0.495 e. The van der Waals surface area contributed by atoms with Gasteiger partial charge in [0.05, 0.1) is 24.3 Å². The number of amides is 1. The first kappa shape index (κ1) is 18.1. The van der Waals surface area contributed by atoms with Crippen LogP contribution in [0, 0.1) is 11.3 Å². The Hall–Kier alpha value is -2.23. The van der Waals surface area contributed by atoms with Crippen molar-refractivity contribution in [2.24, 2.45) is 0 Å². The van der Waals surface area contributed by atoms with Gasteiger partial charge in [0, 0.05) is 25.0 Å². The predicted octanol–water partition coefficient (Wildman–Crippen LogP) is 2.80. The number of nitrogens with zero attached hydrogens (tertiary/aromatic N) is 2. The molecular formula is C17H20ClN3O3. The van der Waals surface area contributed by atoms with Crippen molar-refractivity contribution in [2.75, 3.05) is 25.5 Å². The Bertz CT molecular complexity index is 674. The summed E-state index contributed by atoms with van der Waals surface area (Å²) in [6.07, 6.45) is 1.68. The SMILES string of the molecule is COc1ccc(NC(=O)/C(C#N)=C\N2CC(C)OC(C)C2)cc1Cl. The summed E-state index contributed by atoms with van der Waals surface area (Å²) in [7, 11) is 1.51. The number of hydrogen-bond acceptors (Lipinski definition) is 5. The maximum absolute atomic E-state index is 12.3. The number of rotatable bonds is 4. The van der Waals surface area contributed by atoms with E-state index in [0.29, 0.717) is 29.5 Å². The maximum atomic E-state index is 12.3. The van der Waals surface area contributed by atoms with E-state index in [9.17, 15) is 10.1 Å². The van der Waals surface area contributed by atoms with E-state index in [-0.39, 0.29) is 17.8 Å². The lowest BCUT2D eigenvalue weighted by atomic mass is 10.2. The number of nitriles is 1. The van der Waals surface area contributed by atoms with Crippen molar-refractivity contribution in [1.29, 1.82) is 5.26 Å². The fraction of sp³-hybridized carbons (Fsp3) is 0.412. The maximum Gasteiger partial charge on any atom is 0.267 e. The highest BCUT2D eigenvalue weighted by Gasteiger charge is 2.21. The summed E-state index contributed by atoms with van der Waals surface area (Å²) >= 11 is 6.04. The number of methoxy groups -OCH3 is 1. The summed E-state index contributed by atoms with van der Waals surface area (Å²) in [5.41, 5.74) is 0.527. The number of hydrogen-bond donors (Lipinski definition) is 1. The summed E-state index contributed by atoms with van der Waals surface area (Å²) in [6.45, 7) is 5.19. The van der Waals surface area contributed by atoms with Crippen LogP contribution in [0.3, 0.4) is 0 Å². The monoisotopic (exact) mass is 349 g/mol. The van der Waals surface area contributed by atoms with Gasteiger partial charge in [-0.05, 0) is 32.0 Å². The molecule has 0 saturated carbocycles. The van der Waals surface area contributed by atoms with Crippen LogP contribution in [0.1, 0.15) is 13.8 Å². The Balaban J connectivity index is 2.10. The Labute approximate surface area is 146 Å². The van der Waals surface area contributed by atoms with Crippen LogP contribution in [0.4, 0.5) is 5.69 Å². The van der Waals surface area contributed by atoms with Gasteiger partial charge in [-0.25, -0.2) is 0 Å². The molecule has 1 aliphatic heterocycles. The smallest absolute Gasteiger partial charge is 0.267 e. The number of halogens is 1. The molecule has 24 heavy (non-hydrogen) atoms. The second kappa shape index (κ2) is 8.04. The molecule has 1 aromatic rings. The van der Waals surface area contributed by atoms with Crippen molar-refractivity contribution >= 4 is 23.2 Å². The van der Waals surface area contributed by atoms with E-state index in [1.54, 1.807) is 24.4 Å². The highest BCUT2D eigenvalue weighted by molar-refractivity contribution is 6.32. The molecule has 1 fully saturated rings. The van der Waals surface area contributed by atoms with Crippen molar-refractivity contribution < 1.29 is 14.3 Å². The van der Waals surface area contributed by atoms with E-state index < -0.39 is 5.91 Å². The molecule has 1 saturated heterocycles. The van der Waals surface area contributed by atoms with Gasteiger partial charge in [0.2, 0.25) is 0 Å². The number of ether oxygens (including phenoxy) is 2. The first-order valence-electron chi connectivity index (χ1n) is 7.59. The lowest BCUT2D eigenvalue weighted by Crippen LogP contribution is -2.43. The summed E-state index contributed by atoms with van der Waals surface area (Å²) in [6, 6.07) is 6.84. The van der Waals surface area contributed by atoms with Crippen LogP contribution in [-0.4, -0.2) is 43.2 Å². The van der Waals surface area contributed by atoms with Gasteiger partial charge in [0.25, 0.3) is 5.91 Å². The molecule has 0 spiro atoms. The van der Waals surface area contributed by atoms with Crippen LogP contribution in [0.5, 0.6) is 5.75 Å². The summed E-state index contributed by atoms with van der Waals surface area (Å²) in [5.74, 6) is 0.0348. The van der Waals surface area contributed by atoms with E-state index in [0.717, 1.165) is 0 Å². The first-order valence-corrected chi connectivity index (χ1v) is 7.97. The van der Waals surface area contributed by atoms with Crippen molar-refractivity contribution in [2.45, 2.75) is 26.1 Å². The van der Waals surface area contributed by atoms with Gasteiger partial charge in [0.15, 0.2) is 0 Å². The van der Waals surface area contributed by atoms with Crippen molar-refractivity contribution in [3.63, 3.8) is 0 Å². The molecule has 0 aromatic heterocycles. The molecule has 0 radical (unpaired) electrons. The molecule has 6 nitrogen and oxygen atoms in total. The number of nitrogens with one attached hydrogen (secondary N) is 1. The predicted molar refractivity (Wildman–Crippen MR) is 91.9 cm³/mol. The van der Waals surface area contributed by atoms with Gasteiger partial charge in [-0.15, -0.1) is 0 Å². The fourth-order valence-electron chi connectivity index (χ4n) is 2.59. The van der Waals surface area contributed by atoms with Crippen LogP contribution in [-0.2, 0) is 9.53 Å². The fourth-order valence-corrected chi connectivity index (χ4v) is 2.84. The van der Waals surface area contributed by atoms with Crippen molar-refractivity contribution in [1.82, 2.24) is 4.90 Å². The zero-order valence-electron chi connectivity index (χ0n) is 13.9. The Morgan fingerprint density at radius 2 is 2.12 bits per heavy atom. The minimum Gasteiger partial charge on any atom is -0.495 e. The molecule has 0 bridgehead atoms. The summed E-state index contributed by atoms with van der Waals surface area (Å²) in [4.78, 5) is 14.2. The third kappa shape index (κ3) is 4.63. The number of carbonyl (C=O) groups is 1. The Kier molecular flexibility index (Phi) is 6.07. The van der Waals surface area contributed by atoms with E-state index in [1.807, 2.05) is 24.8 Å². The topological polar surface area (TPSA) is 74.6 Å². The quantitative estimate of drug-likeness (QED) is 0.668. The van der Waals surface area contributed by atoms with Crippen LogP contribution < -0.4 is 10.1 Å². The molecule has 1 aliphatic rings. The average Bonchev–Trinajstić information content (AvgIpc) is 2.51. The number of carbonyl (C=O) groups excluding carboxylic acids is 1. The van der Waals surface area contributed by atoms with Crippen LogP contribution >= 0.6 is 11.6 Å². The van der Waals surface area contributed by atoms with Crippen LogP contribution in [0.15, 0.2) is 30.0 Å². The summed E-state index contributed by atoms with van der Waals surface area (Å²) < 4.78 is 10.7. The lowest BCUT2D eigenvalue weighted by Gasteiger charge is -2.34. The van der Waals surface area contributed by atoms with Crippen LogP contribution in [0.25, 0.3) is 0 Å². The molecule has 1 heterocycles. The highest BCUT2D eigenvalue weighted by atomic mass is 35.5. The molecule has 2 atom stereocenters. The molecule has 2 unspecified atom stereocenters. The third-order valence-electron chi connectivity index (χ3n) is 3.53. The van der Waals surface area contributed by atoms with Gasteiger partial charge in [-0.1, -0.05) is 11.6 Å². The minimum atomic E-state index is -0.481. The molecule has 1 amide bonds. The second-order valence-electron chi connectivity index (χ2n) is 5.67. The number of morpholine rings is 1. The zero-order valence-corrected chi connectivity index (χ0v) is 14.6. The van der Waals surface area contributed by atoms with Gasteiger partial charge < -0.3 is 19.7 Å². The summed E-state index contributed by atoms with van der Waals surface area (Å²) in [5, 5.41) is 12.3. The van der Waals surface area contributed by atoms with E-state index >= 15 is 0 Å². The normalized spacial score (nSPS) is 21.1. The first-order chi connectivity index (χ1) is 11.4. The van der Waals surface area contributed by atoms with Crippen molar-refractivity contribution in [3.8, 4) is 11.8 Å².